The Morgan fingerprint density at radius 1 is 0.786 bits per heavy atom. The Kier molecular flexibility index (Phi) is 3.37. The SMILES string of the molecule is Brc1cc(Br)c2c(Br)c(Br)ccc2c1. The van der Waals surface area contributed by atoms with Gasteiger partial charge in [0.05, 0.1) is 0 Å². The molecule has 0 saturated carbocycles. The number of hydrogen-bond donors (Lipinski definition) is 0. The molecule has 0 aromatic heterocycles. The van der Waals surface area contributed by atoms with Crippen LogP contribution >= 0.6 is 63.7 Å². The number of benzene rings is 2. The molecule has 0 aliphatic carbocycles. The fraction of sp³-hybridized carbons (Fsp3) is 0. The second kappa shape index (κ2) is 4.24. The van der Waals surface area contributed by atoms with E-state index in [1.807, 2.05) is 12.1 Å². The molecule has 0 unspecified atom stereocenters. The molecular formula is C10H4Br4. The van der Waals surface area contributed by atoms with Crippen LogP contribution in [-0.4, -0.2) is 0 Å². The van der Waals surface area contributed by atoms with Crippen molar-refractivity contribution < 1.29 is 0 Å². The van der Waals surface area contributed by atoms with Crippen LogP contribution in [0.2, 0.25) is 0 Å². The highest BCUT2D eigenvalue weighted by Gasteiger charge is 2.07. The summed E-state index contributed by atoms with van der Waals surface area (Å²) in [6.07, 6.45) is 0. The molecule has 0 atom stereocenters. The van der Waals surface area contributed by atoms with E-state index in [9.17, 15) is 0 Å². The summed E-state index contributed by atoms with van der Waals surface area (Å²) in [6.45, 7) is 0. The van der Waals surface area contributed by atoms with Crippen LogP contribution in [0.5, 0.6) is 0 Å². The second-order valence-corrected chi connectivity index (χ2v) is 6.26. The summed E-state index contributed by atoms with van der Waals surface area (Å²) >= 11 is 14.1. The van der Waals surface area contributed by atoms with E-state index in [0.717, 1.165) is 17.9 Å². The smallest absolute Gasteiger partial charge is 0.0407 e. The van der Waals surface area contributed by atoms with Crippen LogP contribution in [0.3, 0.4) is 0 Å². The van der Waals surface area contributed by atoms with Crippen LogP contribution < -0.4 is 0 Å². The third-order valence-electron chi connectivity index (χ3n) is 1.92. The van der Waals surface area contributed by atoms with Gasteiger partial charge in [-0.2, -0.15) is 0 Å². The maximum Gasteiger partial charge on any atom is 0.0407 e. The first-order valence-corrected chi connectivity index (χ1v) is 6.99. The molecule has 0 aliphatic rings. The van der Waals surface area contributed by atoms with Crippen molar-refractivity contribution in [3.05, 3.63) is 42.2 Å². The van der Waals surface area contributed by atoms with E-state index >= 15 is 0 Å². The lowest BCUT2D eigenvalue weighted by Crippen LogP contribution is -1.79. The van der Waals surface area contributed by atoms with Gasteiger partial charge in [0.25, 0.3) is 0 Å². The molecule has 0 nitrogen and oxygen atoms in total. The lowest BCUT2D eigenvalue weighted by molar-refractivity contribution is 1.61. The summed E-state index contributed by atoms with van der Waals surface area (Å²) in [6, 6.07) is 8.25. The lowest BCUT2D eigenvalue weighted by Gasteiger charge is -2.06. The van der Waals surface area contributed by atoms with Gasteiger partial charge in [-0.25, -0.2) is 0 Å². The van der Waals surface area contributed by atoms with Gasteiger partial charge in [0, 0.05) is 23.3 Å². The van der Waals surface area contributed by atoms with E-state index in [4.69, 9.17) is 0 Å². The zero-order valence-corrected chi connectivity index (χ0v) is 13.2. The maximum absolute atomic E-state index is 3.56. The molecule has 0 heterocycles. The van der Waals surface area contributed by atoms with E-state index in [2.05, 4.69) is 75.9 Å². The number of halogens is 4. The topological polar surface area (TPSA) is 0 Å². The Labute approximate surface area is 116 Å². The van der Waals surface area contributed by atoms with Gasteiger partial charge in [0.15, 0.2) is 0 Å². The molecule has 2 rings (SSSR count). The van der Waals surface area contributed by atoms with Crippen molar-refractivity contribution in [2.24, 2.45) is 0 Å². The number of fused-ring (bicyclic) bond motifs is 1. The summed E-state index contributed by atoms with van der Waals surface area (Å²) < 4.78 is 4.29. The highest BCUT2D eigenvalue weighted by Crippen LogP contribution is 2.37. The molecule has 0 radical (unpaired) electrons. The van der Waals surface area contributed by atoms with Crippen LogP contribution in [0.15, 0.2) is 42.2 Å². The van der Waals surface area contributed by atoms with Crippen LogP contribution in [0.1, 0.15) is 0 Å². The Hall–Kier alpha value is 0.620. The van der Waals surface area contributed by atoms with Gasteiger partial charge in [0.2, 0.25) is 0 Å². The van der Waals surface area contributed by atoms with Gasteiger partial charge in [-0.05, 0) is 55.4 Å². The van der Waals surface area contributed by atoms with Gasteiger partial charge < -0.3 is 0 Å². The fourth-order valence-electron chi connectivity index (χ4n) is 1.31. The molecule has 0 amide bonds. The average molecular weight is 444 g/mol. The predicted molar refractivity (Wildman–Crippen MR) is 74.7 cm³/mol. The standard InChI is InChI=1S/C10H4Br4/c11-6-3-5-1-2-7(12)10(14)9(5)8(13)4-6/h1-4H. The van der Waals surface area contributed by atoms with Crippen molar-refractivity contribution >= 4 is 74.5 Å². The van der Waals surface area contributed by atoms with Crippen molar-refractivity contribution in [3.63, 3.8) is 0 Å². The van der Waals surface area contributed by atoms with Gasteiger partial charge in [-0.3, -0.25) is 0 Å². The van der Waals surface area contributed by atoms with Crippen LogP contribution in [0.25, 0.3) is 10.8 Å². The number of hydrogen-bond acceptors (Lipinski definition) is 0. The fourth-order valence-corrected chi connectivity index (χ4v) is 3.94. The zero-order valence-electron chi connectivity index (χ0n) is 6.82. The van der Waals surface area contributed by atoms with E-state index < -0.39 is 0 Å². The average Bonchev–Trinajstić information content (AvgIpc) is 2.10. The molecule has 0 bridgehead atoms. The van der Waals surface area contributed by atoms with E-state index in [1.165, 1.54) is 10.8 Å². The van der Waals surface area contributed by atoms with Crippen molar-refractivity contribution in [1.82, 2.24) is 0 Å². The van der Waals surface area contributed by atoms with Gasteiger partial charge in [-0.1, -0.05) is 37.9 Å². The van der Waals surface area contributed by atoms with Crippen molar-refractivity contribution in [1.29, 1.82) is 0 Å². The molecule has 2 aromatic carbocycles. The molecule has 72 valence electrons. The van der Waals surface area contributed by atoms with Crippen molar-refractivity contribution in [2.45, 2.75) is 0 Å². The first-order valence-electron chi connectivity index (χ1n) is 3.82. The highest BCUT2D eigenvalue weighted by molar-refractivity contribution is 9.13. The number of rotatable bonds is 0. The summed E-state index contributed by atoms with van der Waals surface area (Å²) in [5, 5.41) is 2.38. The molecule has 14 heavy (non-hydrogen) atoms. The van der Waals surface area contributed by atoms with E-state index in [0.29, 0.717) is 0 Å². The molecule has 0 fully saturated rings. The van der Waals surface area contributed by atoms with Crippen LogP contribution in [-0.2, 0) is 0 Å². The molecule has 0 spiro atoms. The van der Waals surface area contributed by atoms with Crippen molar-refractivity contribution in [3.8, 4) is 0 Å². The zero-order chi connectivity index (χ0) is 10.3. The minimum Gasteiger partial charge on any atom is -0.0531 e. The Bertz CT molecular complexity index is 505. The third-order valence-corrected chi connectivity index (χ3v) is 5.02. The van der Waals surface area contributed by atoms with Crippen LogP contribution in [0.4, 0.5) is 0 Å². The quantitative estimate of drug-likeness (QED) is 0.476. The predicted octanol–water partition coefficient (Wildman–Crippen LogP) is 5.89. The first kappa shape index (κ1) is 11.1. The molecular weight excluding hydrogens is 440 g/mol. The van der Waals surface area contributed by atoms with Gasteiger partial charge in [0.1, 0.15) is 0 Å². The molecule has 2 aromatic rings. The third kappa shape index (κ3) is 1.94. The molecule has 4 heteroatoms. The first-order chi connectivity index (χ1) is 6.59. The molecule has 0 saturated heterocycles. The van der Waals surface area contributed by atoms with Crippen LogP contribution in [0, 0.1) is 0 Å². The molecule has 0 N–H and O–H groups in total. The highest BCUT2D eigenvalue weighted by atomic mass is 79.9. The van der Waals surface area contributed by atoms with E-state index in [1.54, 1.807) is 0 Å². The van der Waals surface area contributed by atoms with Gasteiger partial charge >= 0.3 is 0 Å². The largest absolute Gasteiger partial charge is 0.0531 e. The Balaban J connectivity index is 2.95. The Morgan fingerprint density at radius 3 is 2.21 bits per heavy atom. The molecule has 0 aliphatic heterocycles. The minimum absolute atomic E-state index is 1.06. The summed E-state index contributed by atoms with van der Waals surface area (Å²) in [7, 11) is 0. The van der Waals surface area contributed by atoms with Crippen molar-refractivity contribution in [2.75, 3.05) is 0 Å². The normalized spacial score (nSPS) is 10.9. The van der Waals surface area contributed by atoms with Gasteiger partial charge in [-0.15, -0.1) is 0 Å². The second-order valence-electron chi connectivity index (χ2n) is 2.85. The Morgan fingerprint density at radius 2 is 1.50 bits per heavy atom. The maximum atomic E-state index is 3.56. The lowest BCUT2D eigenvalue weighted by atomic mass is 10.1. The monoisotopic (exact) mass is 440 g/mol. The summed E-state index contributed by atoms with van der Waals surface area (Å²) in [5.41, 5.74) is 0. The minimum atomic E-state index is 1.06. The summed E-state index contributed by atoms with van der Waals surface area (Å²) in [5.74, 6) is 0. The summed E-state index contributed by atoms with van der Waals surface area (Å²) in [4.78, 5) is 0. The van der Waals surface area contributed by atoms with E-state index in [-0.39, 0.29) is 0 Å².